The van der Waals surface area contributed by atoms with Crippen molar-refractivity contribution in [2.45, 2.75) is 58.5 Å². The summed E-state index contributed by atoms with van der Waals surface area (Å²) in [5.74, 6) is 1.43. The molecule has 1 rings (SSSR count). The Bertz CT molecular complexity index is 471. The number of nitrogens with zero attached hydrogens (tertiary/aromatic N) is 3. The van der Waals surface area contributed by atoms with E-state index in [2.05, 4.69) is 28.8 Å². The van der Waals surface area contributed by atoms with Crippen molar-refractivity contribution >= 4 is 12.1 Å². The summed E-state index contributed by atoms with van der Waals surface area (Å²) in [5, 5.41) is 3.44. The van der Waals surface area contributed by atoms with E-state index in [1.807, 2.05) is 38.8 Å². The number of carbonyl (C=O) groups is 1. The van der Waals surface area contributed by atoms with E-state index < -0.39 is 5.60 Å². The van der Waals surface area contributed by atoms with Crippen LogP contribution < -0.4 is 5.32 Å². The molecule has 1 fully saturated rings. The maximum Gasteiger partial charge on any atom is 0.410 e. The lowest BCUT2D eigenvalue weighted by Gasteiger charge is -2.34. The molecule has 1 aliphatic heterocycles. The zero-order valence-electron chi connectivity index (χ0n) is 17.4. The molecule has 26 heavy (non-hydrogen) atoms. The molecule has 6 nitrogen and oxygen atoms in total. The molecule has 0 radical (unpaired) electrons. The quantitative estimate of drug-likeness (QED) is 0.324. The summed E-state index contributed by atoms with van der Waals surface area (Å²) in [7, 11) is 3.88. The van der Waals surface area contributed by atoms with Gasteiger partial charge in [0.1, 0.15) is 5.60 Å². The minimum absolute atomic E-state index is 0.187. The van der Waals surface area contributed by atoms with Crippen LogP contribution in [0, 0.1) is 5.92 Å². The topological polar surface area (TPSA) is 57.2 Å². The average Bonchev–Trinajstić information content (AvgIpc) is 2.57. The number of allylic oxidation sites excluding steroid dienone is 1. The van der Waals surface area contributed by atoms with Gasteiger partial charge in [0.2, 0.25) is 0 Å². The Hall–Kier alpha value is -1.72. The van der Waals surface area contributed by atoms with E-state index in [1.165, 1.54) is 0 Å². The molecule has 1 saturated heterocycles. The second-order valence-electron chi connectivity index (χ2n) is 8.05. The van der Waals surface area contributed by atoms with Crippen LogP contribution in [0.4, 0.5) is 4.79 Å². The van der Waals surface area contributed by atoms with Crippen LogP contribution in [0.25, 0.3) is 0 Å². The van der Waals surface area contributed by atoms with Gasteiger partial charge in [-0.3, -0.25) is 4.99 Å². The fourth-order valence-electron chi connectivity index (χ4n) is 3.14. The Morgan fingerprint density at radius 3 is 2.81 bits per heavy atom. The number of amides is 1. The summed E-state index contributed by atoms with van der Waals surface area (Å²) in [6, 6.07) is 0. The molecule has 1 N–H and O–H groups in total. The van der Waals surface area contributed by atoms with Crippen molar-refractivity contribution in [1.29, 1.82) is 0 Å². The number of ether oxygens (including phenoxy) is 1. The van der Waals surface area contributed by atoms with Crippen LogP contribution in [0.15, 0.2) is 17.6 Å². The van der Waals surface area contributed by atoms with Crippen molar-refractivity contribution in [2.24, 2.45) is 10.9 Å². The maximum absolute atomic E-state index is 12.3. The number of carbonyl (C=O) groups excluding carboxylic acids is 1. The molecule has 150 valence electrons. The SMILES string of the molecule is C=CCCCN(C)C(=NC)NCCC1CCCN(C(=O)OC(C)(C)C)C1. The lowest BCUT2D eigenvalue weighted by atomic mass is 9.95. The van der Waals surface area contributed by atoms with Gasteiger partial charge < -0.3 is 19.9 Å². The summed E-state index contributed by atoms with van der Waals surface area (Å²) < 4.78 is 5.50. The lowest BCUT2D eigenvalue weighted by Crippen LogP contribution is -2.44. The van der Waals surface area contributed by atoms with Gasteiger partial charge in [0.05, 0.1) is 0 Å². The van der Waals surface area contributed by atoms with E-state index >= 15 is 0 Å². The number of hydrogen-bond acceptors (Lipinski definition) is 3. The van der Waals surface area contributed by atoms with Gasteiger partial charge in [-0.05, 0) is 58.8 Å². The van der Waals surface area contributed by atoms with E-state index in [1.54, 1.807) is 0 Å². The monoisotopic (exact) mass is 366 g/mol. The van der Waals surface area contributed by atoms with E-state index in [0.717, 1.165) is 64.2 Å². The van der Waals surface area contributed by atoms with Crippen LogP contribution >= 0.6 is 0 Å². The molecule has 6 heteroatoms. The van der Waals surface area contributed by atoms with Gasteiger partial charge in [0, 0.05) is 40.3 Å². The number of aliphatic imine (C=N–C) groups is 1. The van der Waals surface area contributed by atoms with Crippen LogP contribution in [0.3, 0.4) is 0 Å². The Balaban J connectivity index is 2.37. The smallest absolute Gasteiger partial charge is 0.410 e. The molecule has 1 aliphatic rings. The molecule has 0 saturated carbocycles. The highest BCUT2D eigenvalue weighted by Gasteiger charge is 2.27. The molecule has 1 atom stereocenters. The Morgan fingerprint density at radius 1 is 1.46 bits per heavy atom. The molecule has 0 aromatic heterocycles. The van der Waals surface area contributed by atoms with Gasteiger partial charge in [-0.1, -0.05) is 6.08 Å². The zero-order valence-corrected chi connectivity index (χ0v) is 17.4. The largest absolute Gasteiger partial charge is 0.444 e. The molecular weight excluding hydrogens is 328 g/mol. The Kier molecular flexibility index (Phi) is 9.52. The summed E-state index contributed by atoms with van der Waals surface area (Å²) >= 11 is 0. The molecule has 1 amide bonds. The first kappa shape index (κ1) is 22.3. The van der Waals surface area contributed by atoms with Crippen molar-refractivity contribution in [3.8, 4) is 0 Å². The first-order valence-electron chi connectivity index (χ1n) is 9.77. The van der Waals surface area contributed by atoms with Crippen LogP contribution in [-0.2, 0) is 4.74 Å². The lowest BCUT2D eigenvalue weighted by molar-refractivity contribution is 0.0162. The standard InChI is InChI=1S/C20H38N4O2/c1-7-8-9-14-23(6)18(21-5)22-13-12-17-11-10-15-24(16-17)19(25)26-20(2,3)4/h7,17H,1,8-16H2,2-6H3,(H,21,22). The predicted molar refractivity (Wildman–Crippen MR) is 109 cm³/mol. The number of guanidine groups is 1. The number of hydrogen-bond donors (Lipinski definition) is 1. The number of rotatable bonds is 7. The molecular formula is C20H38N4O2. The fourth-order valence-corrected chi connectivity index (χ4v) is 3.14. The van der Waals surface area contributed by atoms with Gasteiger partial charge >= 0.3 is 6.09 Å². The summed E-state index contributed by atoms with van der Waals surface area (Å²) in [6.07, 6.45) is 7.09. The minimum Gasteiger partial charge on any atom is -0.444 e. The number of likely N-dealkylation sites (tertiary alicyclic amines) is 1. The van der Waals surface area contributed by atoms with Crippen LogP contribution in [0.1, 0.15) is 52.9 Å². The van der Waals surface area contributed by atoms with Gasteiger partial charge in [-0.25, -0.2) is 4.79 Å². The van der Waals surface area contributed by atoms with Crippen molar-refractivity contribution < 1.29 is 9.53 Å². The summed E-state index contributed by atoms with van der Waals surface area (Å²) in [6.45, 7) is 12.9. The predicted octanol–water partition coefficient (Wildman–Crippen LogP) is 3.50. The average molecular weight is 367 g/mol. The highest BCUT2D eigenvalue weighted by molar-refractivity contribution is 5.79. The first-order chi connectivity index (χ1) is 12.3. The minimum atomic E-state index is -0.436. The molecule has 1 unspecified atom stereocenters. The van der Waals surface area contributed by atoms with Crippen molar-refractivity contribution in [3.63, 3.8) is 0 Å². The van der Waals surface area contributed by atoms with Crippen LogP contribution in [0.5, 0.6) is 0 Å². The van der Waals surface area contributed by atoms with E-state index in [-0.39, 0.29) is 6.09 Å². The van der Waals surface area contributed by atoms with Gasteiger partial charge in [0.15, 0.2) is 5.96 Å². The van der Waals surface area contributed by atoms with Crippen LogP contribution in [0.2, 0.25) is 0 Å². The van der Waals surface area contributed by atoms with Crippen molar-refractivity contribution in [1.82, 2.24) is 15.1 Å². The second-order valence-corrected chi connectivity index (χ2v) is 8.05. The maximum atomic E-state index is 12.3. The van der Waals surface area contributed by atoms with E-state index in [4.69, 9.17) is 4.74 Å². The summed E-state index contributed by atoms with van der Waals surface area (Å²) in [5.41, 5.74) is -0.436. The molecule has 1 heterocycles. The third-order valence-corrected chi connectivity index (χ3v) is 4.48. The number of nitrogens with one attached hydrogen (secondary N) is 1. The highest BCUT2D eigenvalue weighted by Crippen LogP contribution is 2.21. The molecule has 0 spiro atoms. The third kappa shape index (κ3) is 8.59. The van der Waals surface area contributed by atoms with Crippen molar-refractivity contribution in [2.75, 3.05) is 40.3 Å². The molecule has 0 bridgehead atoms. The summed E-state index contributed by atoms with van der Waals surface area (Å²) in [4.78, 5) is 20.6. The number of piperidine rings is 1. The Morgan fingerprint density at radius 2 is 2.19 bits per heavy atom. The molecule has 0 aromatic rings. The van der Waals surface area contributed by atoms with Gasteiger partial charge in [0.25, 0.3) is 0 Å². The van der Waals surface area contributed by atoms with E-state index in [0.29, 0.717) is 5.92 Å². The zero-order chi connectivity index (χ0) is 19.6. The molecule has 0 aromatic carbocycles. The normalized spacial score (nSPS) is 18.4. The van der Waals surface area contributed by atoms with Gasteiger partial charge in [-0.15, -0.1) is 6.58 Å². The van der Waals surface area contributed by atoms with E-state index in [9.17, 15) is 4.79 Å². The fraction of sp³-hybridized carbons (Fsp3) is 0.800. The van der Waals surface area contributed by atoms with Gasteiger partial charge in [-0.2, -0.15) is 0 Å². The van der Waals surface area contributed by atoms with Crippen molar-refractivity contribution in [3.05, 3.63) is 12.7 Å². The molecule has 0 aliphatic carbocycles. The first-order valence-corrected chi connectivity index (χ1v) is 9.77. The third-order valence-electron chi connectivity index (χ3n) is 4.48. The highest BCUT2D eigenvalue weighted by atomic mass is 16.6. The Labute approximate surface area is 159 Å². The van der Waals surface area contributed by atoms with Crippen LogP contribution in [-0.4, -0.2) is 67.7 Å². The second kappa shape index (κ2) is 11.1. The number of unbranched alkanes of at least 4 members (excludes halogenated alkanes) is 1.